The number of hydrogen-bond donors (Lipinski definition) is 2. The van der Waals surface area contributed by atoms with Gasteiger partial charge in [-0.25, -0.2) is 0 Å². The van der Waals surface area contributed by atoms with E-state index in [0.717, 1.165) is 21.6 Å². The fourth-order valence-electron chi connectivity index (χ4n) is 1.86. The van der Waals surface area contributed by atoms with Gasteiger partial charge in [0.15, 0.2) is 6.29 Å². The average Bonchev–Trinajstić information content (AvgIpc) is 2.72. The van der Waals surface area contributed by atoms with Gasteiger partial charge in [-0.2, -0.15) is 0 Å². The highest BCUT2D eigenvalue weighted by molar-refractivity contribution is 6.36. The van der Waals surface area contributed by atoms with Crippen molar-refractivity contribution in [3.8, 4) is 0 Å². The van der Waals surface area contributed by atoms with Crippen LogP contribution in [0.3, 0.4) is 0 Å². The molecule has 18 heavy (non-hydrogen) atoms. The van der Waals surface area contributed by atoms with Crippen LogP contribution in [0, 0.1) is 0 Å². The first kappa shape index (κ1) is 13.4. The van der Waals surface area contributed by atoms with Crippen molar-refractivity contribution < 1.29 is 9.47 Å². The third kappa shape index (κ3) is 2.84. The van der Waals surface area contributed by atoms with Crippen molar-refractivity contribution in [3.63, 3.8) is 0 Å². The van der Waals surface area contributed by atoms with E-state index < -0.39 is 0 Å². The number of rotatable bonds is 6. The first-order chi connectivity index (χ1) is 8.76. The summed E-state index contributed by atoms with van der Waals surface area (Å²) < 4.78 is 10.2. The van der Waals surface area contributed by atoms with Crippen LogP contribution in [0.4, 0.5) is 0 Å². The number of ether oxygens (including phenoxy) is 2. The van der Waals surface area contributed by atoms with Crippen LogP contribution in [-0.4, -0.2) is 32.0 Å². The van der Waals surface area contributed by atoms with Gasteiger partial charge in [0.25, 0.3) is 0 Å². The molecule has 0 amide bonds. The lowest BCUT2D eigenvalue weighted by Gasteiger charge is -2.13. The predicted molar refractivity (Wildman–Crippen MR) is 72.8 cm³/mol. The van der Waals surface area contributed by atoms with Gasteiger partial charge in [-0.05, 0) is 6.07 Å². The van der Waals surface area contributed by atoms with E-state index in [2.05, 4.69) is 10.3 Å². The van der Waals surface area contributed by atoms with Gasteiger partial charge in [-0.15, -0.1) is 0 Å². The SMILES string of the molecule is COC(CNCc1[nH]c2ccccc2c1Cl)OC. The quantitative estimate of drug-likeness (QED) is 0.792. The second-order valence-corrected chi connectivity index (χ2v) is 4.37. The highest BCUT2D eigenvalue weighted by Gasteiger charge is 2.09. The number of aromatic amines is 1. The van der Waals surface area contributed by atoms with Gasteiger partial charge >= 0.3 is 0 Å². The van der Waals surface area contributed by atoms with Gasteiger partial charge < -0.3 is 19.8 Å². The monoisotopic (exact) mass is 268 g/mol. The molecule has 0 saturated carbocycles. The maximum Gasteiger partial charge on any atom is 0.169 e. The summed E-state index contributed by atoms with van der Waals surface area (Å²) >= 11 is 6.31. The normalized spacial score (nSPS) is 11.6. The third-order valence-corrected chi connectivity index (χ3v) is 3.28. The van der Waals surface area contributed by atoms with Crippen LogP contribution in [0.15, 0.2) is 24.3 Å². The third-order valence-electron chi connectivity index (χ3n) is 2.85. The molecule has 5 heteroatoms. The fraction of sp³-hybridized carbons (Fsp3) is 0.385. The Morgan fingerprint density at radius 2 is 2.00 bits per heavy atom. The molecule has 1 heterocycles. The number of aromatic nitrogens is 1. The number of hydrogen-bond acceptors (Lipinski definition) is 3. The smallest absolute Gasteiger partial charge is 0.169 e. The number of H-pyrrole nitrogens is 1. The number of halogens is 1. The lowest BCUT2D eigenvalue weighted by molar-refractivity contribution is -0.0989. The molecule has 1 aromatic carbocycles. The van der Waals surface area contributed by atoms with Crippen LogP contribution < -0.4 is 5.32 Å². The Labute approximate surface area is 111 Å². The Morgan fingerprint density at radius 1 is 1.28 bits per heavy atom. The van der Waals surface area contributed by atoms with Gasteiger partial charge in [0, 0.05) is 43.9 Å². The Kier molecular flexibility index (Phi) is 4.60. The number of para-hydroxylation sites is 1. The molecule has 2 rings (SSSR count). The molecule has 0 unspecified atom stereocenters. The lowest BCUT2D eigenvalue weighted by atomic mass is 10.2. The molecule has 0 spiro atoms. The molecule has 0 aliphatic rings. The van der Waals surface area contributed by atoms with Crippen LogP contribution >= 0.6 is 11.6 Å². The minimum Gasteiger partial charge on any atom is -0.356 e. The topological polar surface area (TPSA) is 46.3 Å². The molecule has 98 valence electrons. The maximum atomic E-state index is 6.31. The summed E-state index contributed by atoms with van der Waals surface area (Å²) in [4.78, 5) is 3.30. The number of benzene rings is 1. The highest BCUT2D eigenvalue weighted by Crippen LogP contribution is 2.26. The van der Waals surface area contributed by atoms with E-state index in [1.165, 1.54) is 0 Å². The largest absolute Gasteiger partial charge is 0.356 e. The number of fused-ring (bicyclic) bond motifs is 1. The van der Waals surface area contributed by atoms with E-state index >= 15 is 0 Å². The van der Waals surface area contributed by atoms with E-state index in [4.69, 9.17) is 21.1 Å². The van der Waals surface area contributed by atoms with Crippen molar-refractivity contribution in [1.29, 1.82) is 0 Å². The summed E-state index contributed by atoms with van der Waals surface area (Å²) in [5.74, 6) is 0. The first-order valence-electron chi connectivity index (χ1n) is 5.77. The molecular weight excluding hydrogens is 252 g/mol. The van der Waals surface area contributed by atoms with Crippen molar-refractivity contribution in [2.45, 2.75) is 12.8 Å². The van der Waals surface area contributed by atoms with Crippen molar-refractivity contribution in [2.24, 2.45) is 0 Å². The molecule has 0 fully saturated rings. The average molecular weight is 269 g/mol. The zero-order valence-electron chi connectivity index (χ0n) is 10.5. The van der Waals surface area contributed by atoms with E-state index in [0.29, 0.717) is 13.1 Å². The zero-order valence-corrected chi connectivity index (χ0v) is 11.3. The Bertz CT molecular complexity index is 509. The molecule has 4 nitrogen and oxygen atoms in total. The van der Waals surface area contributed by atoms with Crippen LogP contribution in [0.5, 0.6) is 0 Å². The van der Waals surface area contributed by atoms with E-state index in [1.54, 1.807) is 14.2 Å². The summed E-state index contributed by atoms with van der Waals surface area (Å²) in [6, 6.07) is 7.98. The summed E-state index contributed by atoms with van der Waals surface area (Å²) in [6.07, 6.45) is -0.242. The number of methoxy groups -OCH3 is 2. The van der Waals surface area contributed by atoms with E-state index in [1.807, 2.05) is 24.3 Å². The van der Waals surface area contributed by atoms with Crippen molar-refractivity contribution in [3.05, 3.63) is 35.0 Å². The molecule has 0 aliphatic heterocycles. The molecule has 0 saturated heterocycles. The second kappa shape index (κ2) is 6.20. The zero-order chi connectivity index (χ0) is 13.0. The minimum atomic E-state index is -0.242. The Balaban J connectivity index is 2.01. The Morgan fingerprint density at radius 3 is 2.67 bits per heavy atom. The van der Waals surface area contributed by atoms with Crippen LogP contribution in [0.2, 0.25) is 5.02 Å². The second-order valence-electron chi connectivity index (χ2n) is 3.99. The molecule has 0 bridgehead atoms. The summed E-state index contributed by atoms with van der Waals surface area (Å²) in [5.41, 5.74) is 2.03. The van der Waals surface area contributed by atoms with Crippen LogP contribution in [0.1, 0.15) is 5.69 Å². The van der Waals surface area contributed by atoms with Crippen molar-refractivity contribution in [2.75, 3.05) is 20.8 Å². The molecule has 0 radical (unpaired) electrons. The van der Waals surface area contributed by atoms with Crippen molar-refractivity contribution >= 4 is 22.5 Å². The predicted octanol–water partition coefficient (Wildman–Crippen LogP) is 2.53. The van der Waals surface area contributed by atoms with E-state index in [-0.39, 0.29) is 6.29 Å². The van der Waals surface area contributed by atoms with Crippen LogP contribution in [-0.2, 0) is 16.0 Å². The molecular formula is C13H17ClN2O2. The maximum absolute atomic E-state index is 6.31. The van der Waals surface area contributed by atoms with Gasteiger partial charge in [0.05, 0.1) is 5.02 Å². The highest BCUT2D eigenvalue weighted by atomic mass is 35.5. The molecule has 0 aliphatic carbocycles. The minimum absolute atomic E-state index is 0.242. The van der Waals surface area contributed by atoms with Gasteiger partial charge in [0.1, 0.15) is 0 Å². The standard InChI is InChI=1S/C13H17ClN2O2/c1-17-12(18-2)8-15-7-11-13(14)9-5-3-4-6-10(9)16-11/h3-6,12,15-16H,7-8H2,1-2H3. The molecule has 0 atom stereocenters. The van der Waals surface area contributed by atoms with Gasteiger partial charge in [0.2, 0.25) is 0 Å². The fourth-order valence-corrected chi connectivity index (χ4v) is 2.14. The Hall–Kier alpha value is -1.07. The van der Waals surface area contributed by atoms with Crippen LogP contribution in [0.25, 0.3) is 10.9 Å². The number of nitrogens with one attached hydrogen (secondary N) is 2. The molecule has 2 N–H and O–H groups in total. The van der Waals surface area contributed by atoms with Gasteiger partial charge in [-0.1, -0.05) is 29.8 Å². The van der Waals surface area contributed by atoms with Gasteiger partial charge in [-0.3, -0.25) is 0 Å². The summed E-state index contributed by atoms with van der Waals surface area (Å²) in [5, 5.41) is 5.05. The summed E-state index contributed by atoms with van der Waals surface area (Å²) in [7, 11) is 3.23. The molecule has 1 aromatic heterocycles. The first-order valence-corrected chi connectivity index (χ1v) is 6.15. The van der Waals surface area contributed by atoms with E-state index in [9.17, 15) is 0 Å². The van der Waals surface area contributed by atoms with Crippen molar-refractivity contribution in [1.82, 2.24) is 10.3 Å². The molecule has 2 aromatic rings. The lowest BCUT2D eigenvalue weighted by Crippen LogP contribution is -2.29. The summed E-state index contributed by atoms with van der Waals surface area (Å²) in [6.45, 7) is 1.26.